The van der Waals surface area contributed by atoms with E-state index in [-0.39, 0.29) is 16.2 Å². The van der Waals surface area contributed by atoms with Gasteiger partial charge in [0, 0.05) is 5.54 Å². The number of hydrogen-bond acceptors (Lipinski definition) is 6. The molecule has 0 aliphatic carbocycles. The summed E-state index contributed by atoms with van der Waals surface area (Å²) in [6.07, 6.45) is 0. The lowest BCUT2D eigenvalue weighted by molar-refractivity contribution is -0.125. The zero-order chi connectivity index (χ0) is 21.8. The number of hydrogen-bond donors (Lipinski definition) is 1. The van der Waals surface area contributed by atoms with Crippen molar-refractivity contribution in [1.29, 1.82) is 0 Å². The van der Waals surface area contributed by atoms with Gasteiger partial charge in [0.1, 0.15) is 10.6 Å². The maximum Gasteiger partial charge on any atom is 0.339 e. The molecule has 0 aliphatic heterocycles. The van der Waals surface area contributed by atoms with E-state index in [0.717, 1.165) is 5.56 Å². The van der Waals surface area contributed by atoms with E-state index < -0.39 is 34.1 Å². The van der Waals surface area contributed by atoms with Crippen molar-refractivity contribution in [3.8, 4) is 5.75 Å². The van der Waals surface area contributed by atoms with Crippen molar-refractivity contribution < 1.29 is 26.9 Å². The van der Waals surface area contributed by atoms with E-state index in [1.165, 1.54) is 24.3 Å². The Labute approximate surface area is 171 Å². The van der Waals surface area contributed by atoms with Gasteiger partial charge in [0.25, 0.3) is 5.91 Å². The zero-order valence-electron chi connectivity index (χ0n) is 17.1. The monoisotopic (exact) mass is 419 g/mol. The number of aryl methyl sites for hydroxylation is 2. The Balaban J connectivity index is 2.03. The fourth-order valence-corrected chi connectivity index (χ4v) is 3.71. The van der Waals surface area contributed by atoms with Gasteiger partial charge >= 0.3 is 16.1 Å². The molecule has 0 unspecified atom stereocenters. The summed E-state index contributed by atoms with van der Waals surface area (Å²) in [6.45, 7) is 8.52. The van der Waals surface area contributed by atoms with Crippen LogP contribution in [0.2, 0.25) is 0 Å². The third-order valence-electron chi connectivity index (χ3n) is 3.76. The standard InChI is InChI=1S/C21H25NO6S/c1-14-6-7-15(2)18(12-14)29(25,26)28-17-10-8-16(9-11-17)20(24)27-13-19(23)22-21(3,4)5/h6-12H,13H2,1-5H3,(H,22,23). The van der Waals surface area contributed by atoms with E-state index in [1.807, 2.05) is 26.8 Å². The number of rotatable bonds is 6. The minimum Gasteiger partial charge on any atom is -0.452 e. The van der Waals surface area contributed by atoms with Crippen molar-refractivity contribution in [1.82, 2.24) is 5.32 Å². The van der Waals surface area contributed by atoms with Crippen molar-refractivity contribution in [2.45, 2.75) is 45.1 Å². The van der Waals surface area contributed by atoms with E-state index in [2.05, 4.69) is 5.32 Å². The summed E-state index contributed by atoms with van der Waals surface area (Å²) in [5, 5.41) is 2.68. The molecular formula is C21H25NO6S. The van der Waals surface area contributed by atoms with Gasteiger partial charge in [-0.05, 0) is 76.1 Å². The van der Waals surface area contributed by atoms with Gasteiger partial charge < -0.3 is 14.2 Å². The van der Waals surface area contributed by atoms with Gasteiger partial charge in [0.15, 0.2) is 6.61 Å². The van der Waals surface area contributed by atoms with Gasteiger partial charge in [0.05, 0.1) is 5.56 Å². The first kappa shape index (κ1) is 22.4. The molecule has 0 aliphatic rings. The largest absolute Gasteiger partial charge is 0.452 e. The lowest BCUT2D eigenvalue weighted by Gasteiger charge is -2.20. The topological polar surface area (TPSA) is 98.8 Å². The molecular weight excluding hydrogens is 394 g/mol. The minimum atomic E-state index is -4.01. The smallest absolute Gasteiger partial charge is 0.339 e. The molecule has 0 heterocycles. The molecule has 0 aromatic heterocycles. The second kappa shape index (κ2) is 8.65. The van der Waals surface area contributed by atoms with Crippen molar-refractivity contribution in [2.24, 2.45) is 0 Å². The summed E-state index contributed by atoms with van der Waals surface area (Å²) in [5.74, 6) is -1.05. The number of esters is 1. The first-order valence-electron chi connectivity index (χ1n) is 8.97. The van der Waals surface area contributed by atoms with Crippen LogP contribution < -0.4 is 9.50 Å². The van der Waals surface area contributed by atoms with Gasteiger partial charge in [-0.2, -0.15) is 8.42 Å². The number of amides is 1. The number of benzene rings is 2. The minimum absolute atomic E-state index is 0.0629. The predicted molar refractivity (Wildman–Crippen MR) is 108 cm³/mol. The van der Waals surface area contributed by atoms with Crippen LogP contribution in [0, 0.1) is 13.8 Å². The third-order valence-corrected chi connectivity index (χ3v) is 5.15. The van der Waals surface area contributed by atoms with Crippen molar-refractivity contribution in [3.05, 3.63) is 59.2 Å². The van der Waals surface area contributed by atoms with Crippen LogP contribution in [0.1, 0.15) is 42.3 Å². The van der Waals surface area contributed by atoms with Crippen LogP contribution in [0.4, 0.5) is 0 Å². The summed E-state index contributed by atoms with van der Waals surface area (Å²) in [7, 11) is -4.01. The van der Waals surface area contributed by atoms with Crippen LogP contribution in [0.25, 0.3) is 0 Å². The second-order valence-corrected chi connectivity index (χ2v) is 9.22. The molecule has 29 heavy (non-hydrogen) atoms. The Morgan fingerprint density at radius 3 is 2.21 bits per heavy atom. The summed E-state index contributed by atoms with van der Waals surface area (Å²) >= 11 is 0. The molecule has 0 bridgehead atoms. The maximum absolute atomic E-state index is 12.5. The zero-order valence-corrected chi connectivity index (χ0v) is 17.9. The molecule has 0 atom stereocenters. The molecule has 1 N–H and O–H groups in total. The molecule has 0 fully saturated rings. The van der Waals surface area contributed by atoms with Crippen LogP contribution in [0.15, 0.2) is 47.4 Å². The lowest BCUT2D eigenvalue weighted by atomic mass is 10.1. The highest BCUT2D eigenvalue weighted by atomic mass is 32.2. The highest BCUT2D eigenvalue weighted by Gasteiger charge is 2.20. The van der Waals surface area contributed by atoms with Crippen LogP contribution in [-0.4, -0.2) is 32.4 Å². The second-order valence-electron chi connectivity index (χ2n) is 7.71. The van der Waals surface area contributed by atoms with E-state index in [0.29, 0.717) is 5.56 Å². The first-order valence-corrected chi connectivity index (χ1v) is 10.4. The first-order chi connectivity index (χ1) is 13.4. The molecule has 2 aromatic rings. The molecule has 156 valence electrons. The highest BCUT2D eigenvalue weighted by Crippen LogP contribution is 2.23. The van der Waals surface area contributed by atoms with Crippen LogP contribution in [0.3, 0.4) is 0 Å². The van der Waals surface area contributed by atoms with Crippen molar-refractivity contribution in [2.75, 3.05) is 6.61 Å². The fraction of sp³-hybridized carbons (Fsp3) is 0.333. The molecule has 0 spiro atoms. The Hall–Kier alpha value is -2.87. The van der Waals surface area contributed by atoms with Gasteiger partial charge in [-0.25, -0.2) is 4.79 Å². The van der Waals surface area contributed by atoms with Crippen LogP contribution in [-0.2, 0) is 19.6 Å². The summed E-state index contributed by atoms with van der Waals surface area (Å²) < 4.78 is 35.2. The number of carbonyl (C=O) groups is 2. The van der Waals surface area contributed by atoms with Crippen molar-refractivity contribution in [3.63, 3.8) is 0 Å². The SMILES string of the molecule is Cc1ccc(C)c(S(=O)(=O)Oc2ccc(C(=O)OCC(=O)NC(C)(C)C)cc2)c1. The Kier molecular flexibility index (Phi) is 6.69. The lowest BCUT2D eigenvalue weighted by Crippen LogP contribution is -2.42. The van der Waals surface area contributed by atoms with Gasteiger partial charge in [-0.3, -0.25) is 4.79 Å². The Morgan fingerprint density at radius 1 is 1.00 bits per heavy atom. The highest BCUT2D eigenvalue weighted by molar-refractivity contribution is 7.87. The van der Waals surface area contributed by atoms with Gasteiger partial charge in [-0.15, -0.1) is 0 Å². The maximum atomic E-state index is 12.5. The summed E-state index contributed by atoms with van der Waals surface area (Å²) in [4.78, 5) is 23.9. The Morgan fingerprint density at radius 2 is 1.62 bits per heavy atom. The van der Waals surface area contributed by atoms with Crippen molar-refractivity contribution >= 4 is 22.0 Å². The van der Waals surface area contributed by atoms with Crippen LogP contribution in [0.5, 0.6) is 5.75 Å². The predicted octanol–water partition coefficient (Wildman–Crippen LogP) is 3.14. The molecule has 0 saturated heterocycles. The Bertz CT molecular complexity index is 1000. The number of carbonyl (C=O) groups excluding carboxylic acids is 2. The van der Waals surface area contributed by atoms with Gasteiger partial charge in [0.2, 0.25) is 0 Å². The molecule has 1 amide bonds. The van der Waals surface area contributed by atoms with E-state index in [1.54, 1.807) is 26.0 Å². The van der Waals surface area contributed by atoms with E-state index in [4.69, 9.17) is 8.92 Å². The molecule has 0 saturated carbocycles. The number of ether oxygens (including phenoxy) is 1. The average molecular weight is 419 g/mol. The fourth-order valence-electron chi connectivity index (χ4n) is 2.46. The average Bonchev–Trinajstić information content (AvgIpc) is 2.60. The summed E-state index contributed by atoms with van der Waals surface area (Å²) in [5.41, 5.74) is 1.12. The quantitative estimate of drug-likeness (QED) is 0.570. The van der Waals surface area contributed by atoms with Gasteiger partial charge in [-0.1, -0.05) is 12.1 Å². The van der Waals surface area contributed by atoms with Crippen LogP contribution >= 0.6 is 0 Å². The molecule has 2 aromatic carbocycles. The van der Waals surface area contributed by atoms with E-state index >= 15 is 0 Å². The molecule has 0 radical (unpaired) electrons. The number of nitrogens with one attached hydrogen (secondary N) is 1. The third kappa shape index (κ3) is 6.60. The molecule has 2 rings (SSSR count). The summed E-state index contributed by atoms with van der Waals surface area (Å²) in [6, 6.07) is 10.5. The molecule has 8 heteroatoms. The van der Waals surface area contributed by atoms with E-state index in [9.17, 15) is 18.0 Å². The normalized spacial score (nSPS) is 11.6. The molecule has 7 nitrogen and oxygen atoms in total.